The lowest BCUT2D eigenvalue weighted by atomic mass is 10.1. The van der Waals surface area contributed by atoms with Gasteiger partial charge in [0, 0.05) is 24.5 Å². The van der Waals surface area contributed by atoms with Crippen LogP contribution in [0.5, 0.6) is 5.75 Å². The van der Waals surface area contributed by atoms with Gasteiger partial charge in [0.15, 0.2) is 0 Å². The van der Waals surface area contributed by atoms with Crippen LogP contribution in [0.1, 0.15) is 11.6 Å². The molecule has 1 aliphatic rings. The Morgan fingerprint density at radius 2 is 1.66 bits per heavy atom. The Balaban J connectivity index is 1.65. The molecule has 1 saturated heterocycles. The molecule has 1 heterocycles. The van der Waals surface area contributed by atoms with Crippen LogP contribution < -0.4 is 15.4 Å². The molecule has 0 radical (unpaired) electrons. The van der Waals surface area contributed by atoms with E-state index in [1.807, 2.05) is 6.07 Å². The van der Waals surface area contributed by atoms with E-state index in [0.717, 1.165) is 0 Å². The third-order valence-electron chi connectivity index (χ3n) is 5.57. The number of hydrogen-bond acceptors (Lipinski definition) is 6. The fourth-order valence-electron chi connectivity index (χ4n) is 3.75. The van der Waals surface area contributed by atoms with Gasteiger partial charge < -0.3 is 20.1 Å². The molecule has 10 heteroatoms. The zero-order chi connectivity index (χ0) is 24.8. The summed E-state index contributed by atoms with van der Waals surface area (Å²) in [7, 11) is -2.44. The number of methoxy groups -OCH3 is 1. The lowest BCUT2D eigenvalue weighted by molar-refractivity contribution is -0.117. The highest BCUT2D eigenvalue weighted by Crippen LogP contribution is 2.32. The summed E-state index contributed by atoms with van der Waals surface area (Å²) in [4.78, 5) is 13.2. The van der Waals surface area contributed by atoms with Crippen molar-refractivity contribution in [2.75, 3.05) is 44.0 Å². The van der Waals surface area contributed by atoms with E-state index in [2.05, 4.69) is 10.6 Å². The number of benzene rings is 3. The number of amides is 1. The maximum Gasteiger partial charge on any atom is 0.251 e. The standard InChI is InChI=1S/C25H26FN3O5S/c1-33-22-12-11-21(17-23(22)35(31,32)29-13-15-34-16-14-29)27-24(18-5-3-2-4-6-18)25(30)28-20-9-7-19(26)8-10-20/h2-12,17,24,27H,13-16H2,1H3,(H,28,30)/t24-/m1/s1. The van der Waals surface area contributed by atoms with Crippen LogP contribution in [0.25, 0.3) is 0 Å². The molecular formula is C25H26FN3O5S. The maximum absolute atomic E-state index is 13.3. The smallest absolute Gasteiger partial charge is 0.251 e. The Hall–Kier alpha value is -3.47. The monoisotopic (exact) mass is 499 g/mol. The number of rotatable bonds is 8. The van der Waals surface area contributed by atoms with E-state index in [4.69, 9.17) is 9.47 Å². The molecule has 0 unspecified atom stereocenters. The van der Waals surface area contributed by atoms with E-state index < -0.39 is 27.8 Å². The highest BCUT2D eigenvalue weighted by molar-refractivity contribution is 7.89. The number of carbonyl (C=O) groups is 1. The van der Waals surface area contributed by atoms with Crippen LogP contribution in [0, 0.1) is 5.82 Å². The molecule has 2 N–H and O–H groups in total. The average Bonchev–Trinajstić information content (AvgIpc) is 2.89. The molecule has 35 heavy (non-hydrogen) atoms. The molecule has 1 atom stereocenters. The minimum atomic E-state index is -3.85. The van der Waals surface area contributed by atoms with E-state index >= 15 is 0 Å². The summed E-state index contributed by atoms with van der Waals surface area (Å²) in [5, 5.41) is 5.92. The lowest BCUT2D eigenvalue weighted by Gasteiger charge is -2.27. The summed E-state index contributed by atoms with van der Waals surface area (Å²) in [5.74, 6) is -0.599. The number of anilines is 2. The van der Waals surface area contributed by atoms with E-state index in [1.54, 1.807) is 36.4 Å². The van der Waals surface area contributed by atoms with Crippen molar-refractivity contribution < 1.29 is 27.1 Å². The van der Waals surface area contributed by atoms with Crippen molar-refractivity contribution in [2.24, 2.45) is 0 Å². The minimum Gasteiger partial charge on any atom is -0.495 e. The van der Waals surface area contributed by atoms with Gasteiger partial charge in [0.1, 0.15) is 22.5 Å². The van der Waals surface area contributed by atoms with Gasteiger partial charge in [0.2, 0.25) is 10.0 Å². The van der Waals surface area contributed by atoms with Crippen LogP contribution in [0.4, 0.5) is 15.8 Å². The first-order valence-corrected chi connectivity index (χ1v) is 12.5. The molecule has 1 amide bonds. The van der Waals surface area contributed by atoms with Crippen molar-refractivity contribution in [1.82, 2.24) is 4.31 Å². The molecule has 4 rings (SSSR count). The number of nitrogens with one attached hydrogen (secondary N) is 2. The van der Waals surface area contributed by atoms with Gasteiger partial charge in [0.25, 0.3) is 5.91 Å². The highest BCUT2D eigenvalue weighted by Gasteiger charge is 2.30. The molecule has 0 bridgehead atoms. The van der Waals surface area contributed by atoms with Crippen molar-refractivity contribution >= 4 is 27.3 Å². The van der Waals surface area contributed by atoms with Crippen LogP contribution in [0.2, 0.25) is 0 Å². The number of carbonyl (C=O) groups excluding carboxylic acids is 1. The quantitative estimate of drug-likeness (QED) is 0.491. The summed E-state index contributed by atoms with van der Waals surface area (Å²) in [6, 6.07) is 18.3. The van der Waals surface area contributed by atoms with Gasteiger partial charge in [-0.1, -0.05) is 30.3 Å². The Morgan fingerprint density at radius 1 is 1.00 bits per heavy atom. The summed E-state index contributed by atoms with van der Waals surface area (Å²) < 4.78 is 51.9. The third kappa shape index (κ3) is 5.79. The van der Waals surface area contributed by atoms with Gasteiger partial charge in [-0.2, -0.15) is 4.31 Å². The van der Waals surface area contributed by atoms with Gasteiger partial charge >= 0.3 is 0 Å². The first-order valence-electron chi connectivity index (χ1n) is 11.0. The molecule has 1 fully saturated rings. The normalized spacial score (nSPS) is 15.3. The summed E-state index contributed by atoms with van der Waals surface area (Å²) >= 11 is 0. The molecule has 184 valence electrons. The van der Waals surface area contributed by atoms with Crippen molar-refractivity contribution in [1.29, 1.82) is 0 Å². The number of sulfonamides is 1. The zero-order valence-corrected chi connectivity index (χ0v) is 19.9. The zero-order valence-electron chi connectivity index (χ0n) is 19.1. The van der Waals surface area contributed by atoms with Crippen molar-refractivity contribution in [2.45, 2.75) is 10.9 Å². The molecule has 0 aromatic heterocycles. The first kappa shape index (κ1) is 24.6. The fraction of sp³-hybridized carbons (Fsp3) is 0.240. The number of ether oxygens (including phenoxy) is 2. The lowest BCUT2D eigenvalue weighted by Crippen LogP contribution is -2.40. The van der Waals surface area contributed by atoms with Crippen molar-refractivity contribution in [3.05, 3.63) is 84.2 Å². The van der Waals surface area contributed by atoms with Crippen molar-refractivity contribution in [3.8, 4) is 5.75 Å². The highest BCUT2D eigenvalue weighted by atomic mass is 32.2. The molecule has 1 aliphatic heterocycles. The minimum absolute atomic E-state index is 0.00217. The van der Waals surface area contributed by atoms with Gasteiger partial charge in [-0.3, -0.25) is 4.79 Å². The van der Waals surface area contributed by atoms with E-state index in [1.165, 1.54) is 41.7 Å². The summed E-state index contributed by atoms with van der Waals surface area (Å²) in [6.45, 7) is 1.13. The Labute approximate surface area is 203 Å². The first-order chi connectivity index (χ1) is 16.9. The molecule has 3 aromatic rings. The van der Waals surface area contributed by atoms with Crippen LogP contribution in [-0.4, -0.2) is 52.0 Å². The third-order valence-corrected chi connectivity index (χ3v) is 7.49. The number of halogens is 1. The second-order valence-electron chi connectivity index (χ2n) is 7.87. The van der Waals surface area contributed by atoms with Crippen LogP contribution >= 0.6 is 0 Å². The Bertz CT molecular complexity index is 1260. The van der Waals surface area contributed by atoms with Gasteiger partial charge in [-0.15, -0.1) is 0 Å². The van der Waals surface area contributed by atoms with E-state index in [0.29, 0.717) is 30.2 Å². The van der Waals surface area contributed by atoms with Gasteiger partial charge in [0.05, 0.1) is 20.3 Å². The second kappa shape index (κ2) is 10.9. The summed E-state index contributed by atoms with van der Waals surface area (Å²) in [5.41, 5.74) is 1.52. The van der Waals surface area contributed by atoms with E-state index in [-0.39, 0.29) is 23.7 Å². The predicted octanol–water partition coefficient (Wildman–Crippen LogP) is 3.65. The largest absolute Gasteiger partial charge is 0.495 e. The topological polar surface area (TPSA) is 97.0 Å². The number of nitrogens with zero attached hydrogens (tertiary/aromatic N) is 1. The number of morpholine rings is 1. The van der Waals surface area contributed by atoms with Crippen LogP contribution in [0.15, 0.2) is 77.7 Å². The second-order valence-corrected chi connectivity index (χ2v) is 9.77. The SMILES string of the molecule is COc1ccc(N[C@@H](C(=O)Nc2ccc(F)cc2)c2ccccc2)cc1S(=O)(=O)N1CCOCC1. The van der Waals surface area contributed by atoms with Crippen molar-refractivity contribution in [3.63, 3.8) is 0 Å². The molecule has 3 aromatic carbocycles. The van der Waals surface area contributed by atoms with Gasteiger partial charge in [-0.25, -0.2) is 12.8 Å². The van der Waals surface area contributed by atoms with E-state index in [9.17, 15) is 17.6 Å². The Kier molecular flexibility index (Phi) is 7.64. The van der Waals surface area contributed by atoms with Crippen LogP contribution in [-0.2, 0) is 19.6 Å². The summed E-state index contributed by atoms with van der Waals surface area (Å²) in [6.07, 6.45) is 0. The molecule has 0 spiro atoms. The molecule has 8 nitrogen and oxygen atoms in total. The van der Waals surface area contributed by atoms with Gasteiger partial charge in [-0.05, 0) is 48.0 Å². The molecule has 0 aliphatic carbocycles. The predicted molar refractivity (Wildman–Crippen MR) is 130 cm³/mol. The average molecular weight is 500 g/mol. The molecular weight excluding hydrogens is 473 g/mol. The number of hydrogen-bond donors (Lipinski definition) is 2. The molecule has 0 saturated carbocycles. The van der Waals surface area contributed by atoms with Crippen LogP contribution in [0.3, 0.4) is 0 Å². The Morgan fingerprint density at radius 3 is 2.31 bits per heavy atom. The fourth-order valence-corrected chi connectivity index (χ4v) is 5.34. The maximum atomic E-state index is 13.3.